The van der Waals surface area contributed by atoms with Gasteiger partial charge in [-0.1, -0.05) is 6.92 Å². The highest BCUT2D eigenvalue weighted by atomic mass is 32.1. The fraction of sp³-hybridized carbons (Fsp3) is 0.714. The van der Waals surface area contributed by atoms with Gasteiger partial charge < -0.3 is 16.0 Å². The molecule has 1 atom stereocenters. The van der Waals surface area contributed by atoms with Crippen molar-refractivity contribution in [2.24, 2.45) is 11.7 Å². The zero-order chi connectivity index (χ0) is 14.4. The van der Waals surface area contributed by atoms with Gasteiger partial charge in [-0.15, -0.1) is 11.3 Å². The van der Waals surface area contributed by atoms with Gasteiger partial charge in [0.05, 0.1) is 5.01 Å². The number of aromatic nitrogens is 1. The lowest BCUT2D eigenvalue weighted by Gasteiger charge is -2.20. The Labute approximate surface area is 124 Å². The molecule has 1 amide bonds. The third-order valence-corrected chi connectivity index (χ3v) is 4.43. The van der Waals surface area contributed by atoms with Crippen LogP contribution in [-0.2, 0) is 6.42 Å². The topological polar surface area (TPSA) is 71.2 Å². The monoisotopic (exact) mass is 296 g/mol. The van der Waals surface area contributed by atoms with E-state index in [2.05, 4.69) is 22.1 Å². The van der Waals surface area contributed by atoms with Crippen LogP contribution in [0.25, 0.3) is 0 Å². The van der Waals surface area contributed by atoms with E-state index >= 15 is 0 Å². The maximum atomic E-state index is 12.0. The van der Waals surface area contributed by atoms with Crippen LogP contribution in [0.5, 0.6) is 0 Å². The quantitative estimate of drug-likeness (QED) is 0.790. The predicted molar refractivity (Wildman–Crippen MR) is 82.0 cm³/mol. The number of nitrogens with zero attached hydrogens (tertiary/aromatic N) is 2. The Hall–Kier alpha value is -0.980. The highest BCUT2D eigenvalue weighted by molar-refractivity contribution is 7.09. The highest BCUT2D eigenvalue weighted by Gasteiger charge is 2.16. The van der Waals surface area contributed by atoms with Gasteiger partial charge >= 0.3 is 0 Å². The molecule has 0 aromatic carbocycles. The molecule has 0 aliphatic carbocycles. The Morgan fingerprint density at radius 2 is 2.30 bits per heavy atom. The van der Waals surface area contributed by atoms with E-state index in [0.717, 1.165) is 18.0 Å². The van der Waals surface area contributed by atoms with Crippen LogP contribution in [0.4, 0.5) is 0 Å². The predicted octanol–water partition coefficient (Wildman–Crippen LogP) is 1.11. The molecule has 112 valence electrons. The van der Waals surface area contributed by atoms with E-state index in [4.69, 9.17) is 5.73 Å². The van der Waals surface area contributed by atoms with E-state index in [9.17, 15) is 4.79 Å². The van der Waals surface area contributed by atoms with Gasteiger partial charge in [-0.05, 0) is 38.4 Å². The normalized spacial score (nSPS) is 17.3. The number of amides is 1. The molecule has 1 fully saturated rings. The summed E-state index contributed by atoms with van der Waals surface area (Å²) >= 11 is 1.50. The van der Waals surface area contributed by atoms with Crippen LogP contribution in [-0.4, -0.2) is 48.5 Å². The summed E-state index contributed by atoms with van der Waals surface area (Å²) in [5.41, 5.74) is 6.00. The van der Waals surface area contributed by atoms with Crippen molar-refractivity contribution in [2.45, 2.75) is 26.2 Å². The van der Waals surface area contributed by atoms with Crippen LogP contribution in [0.15, 0.2) is 5.38 Å². The molecule has 1 saturated heterocycles. The molecule has 20 heavy (non-hydrogen) atoms. The Morgan fingerprint density at radius 1 is 1.55 bits per heavy atom. The van der Waals surface area contributed by atoms with Crippen molar-refractivity contribution >= 4 is 17.2 Å². The van der Waals surface area contributed by atoms with Crippen molar-refractivity contribution < 1.29 is 4.79 Å². The molecular formula is C14H24N4OS. The average Bonchev–Trinajstić information content (AvgIpc) is 3.08. The van der Waals surface area contributed by atoms with E-state index in [0.29, 0.717) is 24.7 Å². The number of likely N-dealkylation sites (tertiary alicyclic amines) is 1. The summed E-state index contributed by atoms with van der Waals surface area (Å²) in [6.07, 6.45) is 3.35. The summed E-state index contributed by atoms with van der Waals surface area (Å²) in [6, 6.07) is 0. The van der Waals surface area contributed by atoms with E-state index in [1.807, 2.05) is 5.38 Å². The molecule has 0 spiro atoms. The minimum atomic E-state index is -0.0715. The standard InChI is InChI=1S/C14H24N4OS/c1-11(9-18-6-2-3-7-18)8-16-14(19)12-10-20-13(17-12)4-5-15/h10-11H,2-9,15H2,1H3,(H,16,19). The first-order valence-electron chi connectivity index (χ1n) is 7.34. The number of hydrogen-bond donors (Lipinski definition) is 2. The van der Waals surface area contributed by atoms with E-state index in [-0.39, 0.29) is 5.91 Å². The van der Waals surface area contributed by atoms with Crippen molar-refractivity contribution in [3.8, 4) is 0 Å². The van der Waals surface area contributed by atoms with Crippen LogP contribution in [0, 0.1) is 5.92 Å². The smallest absolute Gasteiger partial charge is 0.270 e. The molecule has 1 aliphatic rings. The van der Waals surface area contributed by atoms with E-state index in [1.165, 1.54) is 37.3 Å². The number of carbonyl (C=O) groups excluding carboxylic acids is 1. The summed E-state index contributed by atoms with van der Waals surface area (Å²) in [7, 11) is 0. The molecule has 0 saturated carbocycles. The van der Waals surface area contributed by atoms with Gasteiger partial charge in [0.1, 0.15) is 5.69 Å². The molecule has 2 rings (SSSR count). The maximum Gasteiger partial charge on any atom is 0.270 e. The lowest BCUT2D eigenvalue weighted by molar-refractivity contribution is 0.0940. The first kappa shape index (κ1) is 15.4. The van der Waals surface area contributed by atoms with Crippen molar-refractivity contribution in [1.82, 2.24) is 15.2 Å². The molecule has 3 N–H and O–H groups in total. The van der Waals surface area contributed by atoms with Crippen molar-refractivity contribution in [3.05, 3.63) is 16.1 Å². The number of nitrogens with two attached hydrogens (primary N) is 1. The first-order chi connectivity index (χ1) is 9.69. The van der Waals surface area contributed by atoms with Crippen LogP contribution < -0.4 is 11.1 Å². The second-order valence-electron chi connectivity index (χ2n) is 5.49. The SMILES string of the molecule is CC(CNC(=O)c1csc(CCN)n1)CN1CCCC1. The highest BCUT2D eigenvalue weighted by Crippen LogP contribution is 2.11. The van der Waals surface area contributed by atoms with Crippen molar-refractivity contribution in [1.29, 1.82) is 0 Å². The molecule has 6 heteroatoms. The minimum Gasteiger partial charge on any atom is -0.350 e. The zero-order valence-corrected chi connectivity index (χ0v) is 12.9. The van der Waals surface area contributed by atoms with E-state index < -0.39 is 0 Å². The molecule has 0 bridgehead atoms. The molecule has 1 aromatic heterocycles. The Balaban J connectivity index is 1.72. The molecule has 5 nitrogen and oxygen atoms in total. The third kappa shape index (κ3) is 4.54. The molecular weight excluding hydrogens is 272 g/mol. The summed E-state index contributed by atoms with van der Waals surface area (Å²) in [5, 5.41) is 5.72. The van der Waals surface area contributed by atoms with Crippen LogP contribution in [0.3, 0.4) is 0 Å². The van der Waals surface area contributed by atoms with E-state index in [1.54, 1.807) is 0 Å². The first-order valence-corrected chi connectivity index (χ1v) is 8.22. The Kier molecular flexibility index (Phi) is 5.94. The van der Waals surface area contributed by atoms with Crippen LogP contribution >= 0.6 is 11.3 Å². The summed E-state index contributed by atoms with van der Waals surface area (Å²) in [5.74, 6) is 0.400. The molecule has 1 aliphatic heterocycles. The summed E-state index contributed by atoms with van der Waals surface area (Å²) < 4.78 is 0. The lowest BCUT2D eigenvalue weighted by Crippen LogP contribution is -2.34. The van der Waals surface area contributed by atoms with Gasteiger partial charge in [0.2, 0.25) is 0 Å². The fourth-order valence-corrected chi connectivity index (χ4v) is 3.28. The average molecular weight is 296 g/mol. The fourth-order valence-electron chi connectivity index (χ4n) is 2.48. The van der Waals surface area contributed by atoms with Gasteiger partial charge in [-0.3, -0.25) is 4.79 Å². The van der Waals surface area contributed by atoms with Gasteiger partial charge in [0, 0.05) is 24.9 Å². The number of carbonyl (C=O) groups is 1. The molecule has 1 aromatic rings. The largest absolute Gasteiger partial charge is 0.350 e. The van der Waals surface area contributed by atoms with Gasteiger partial charge in [-0.25, -0.2) is 4.98 Å². The number of nitrogens with one attached hydrogen (secondary N) is 1. The van der Waals surface area contributed by atoms with Gasteiger partial charge in [-0.2, -0.15) is 0 Å². The minimum absolute atomic E-state index is 0.0715. The summed E-state index contributed by atoms with van der Waals surface area (Å²) in [4.78, 5) is 18.8. The number of rotatable bonds is 7. The second-order valence-corrected chi connectivity index (χ2v) is 6.43. The molecule has 1 unspecified atom stereocenters. The maximum absolute atomic E-state index is 12.0. The van der Waals surface area contributed by atoms with Crippen molar-refractivity contribution in [2.75, 3.05) is 32.7 Å². The van der Waals surface area contributed by atoms with Crippen LogP contribution in [0.1, 0.15) is 35.3 Å². The van der Waals surface area contributed by atoms with Gasteiger partial charge in [0.15, 0.2) is 0 Å². The lowest BCUT2D eigenvalue weighted by atomic mass is 10.1. The van der Waals surface area contributed by atoms with Crippen LogP contribution in [0.2, 0.25) is 0 Å². The second kappa shape index (κ2) is 7.71. The zero-order valence-electron chi connectivity index (χ0n) is 12.1. The molecule has 2 heterocycles. The Bertz CT molecular complexity index is 429. The molecule has 0 radical (unpaired) electrons. The number of hydrogen-bond acceptors (Lipinski definition) is 5. The Morgan fingerprint density at radius 3 is 3.00 bits per heavy atom. The third-order valence-electron chi connectivity index (χ3n) is 3.52. The van der Waals surface area contributed by atoms with Crippen molar-refractivity contribution in [3.63, 3.8) is 0 Å². The number of thiazole rings is 1. The summed E-state index contributed by atoms with van der Waals surface area (Å²) in [6.45, 7) is 6.93. The van der Waals surface area contributed by atoms with Gasteiger partial charge in [0.25, 0.3) is 5.91 Å².